The molecule has 0 rings (SSSR count). The van der Waals surface area contributed by atoms with Gasteiger partial charge in [0.1, 0.15) is 0 Å². The molecule has 3 heteroatoms. The number of carbonyl (C=O) groups excluding carboxylic acids is 1. The minimum Gasteiger partial charge on any atom is -0.469 e. The van der Waals surface area contributed by atoms with Gasteiger partial charge in [-0.1, -0.05) is 17.2 Å². The topological polar surface area (TPSA) is 26.3 Å². The van der Waals surface area contributed by atoms with Crippen LogP contribution in [0.2, 0.25) is 0 Å². The number of carbonyl (C=O) groups is 1. The van der Waals surface area contributed by atoms with Gasteiger partial charge in [0.15, 0.2) is 0 Å². The lowest BCUT2D eigenvalue weighted by atomic mass is 10.3. The van der Waals surface area contributed by atoms with Gasteiger partial charge in [-0.15, -0.1) is 0 Å². The molecule has 0 N–H and O–H groups in total. The predicted octanol–water partition coefficient (Wildman–Crippen LogP) is 2.08. The first-order valence-corrected chi connectivity index (χ1v) is 3.34. The summed E-state index contributed by atoms with van der Waals surface area (Å²) in [6, 6.07) is 0. The Morgan fingerprint density at radius 2 is 2.00 bits per heavy atom. The van der Waals surface area contributed by atoms with E-state index in [0.717, 1.165) is 5.57 Å². The number of rotatable bonds is 2. The van der Waals surface area contributed by atoms with Gasteiger partial charge in [-0.25, -0.2) is 0 Å². The number of halogens is 1. The van der Waals surface area contributed by atoms with Gasteiger partial charge in [-0.3, -0.25) is 4.79 Å². The maximum absolute atomic E-state index is 10.6. The molecule has 0 aromatic carbocycles. The Labute approximate surface area is 65.8 Å². The maximum atomic E-state index is 10.6. The molecule has 0 aliphatic carbocycles. The largest absolute Gasteiger partial charge is 0.469 e. The summed E-state index contributed by atoms with van der Waals surface area (Å²) in [5.41, 5.74) is 0.951. The third-order valence-corrected chi connectivity index (χ3v) is 1.58. The van der Waals surface area contributed by atoms with Crippen molar-refractivity contribution in [3.63, 3.8) is 0 Å². The molecular formula is C7H11ClO2. The zero-order valence-electron chi connectivity index (χ0n) is 6.40. The second-order valence-electron chi connectivity index (χ2n) is 2.16. The van der Waals surface area contributed by atoms with Crippen molar-refractivity contribution in [2.45, 2.75) is 20.3 Å². The number of ether oxygens (including phenoxy) is 1. The summed E-state index contributed by atoms with van der Waals surface area (Å²) in [5, 5.41) is 0.562. The molecular weight excluding hydrogens is 152 g/mol. The Bertz CT molecular complexity index is 157. The van der Waals surface area contributed by atoms with Crippen molar-refractivity contribution in [1.82, 2.24) is 0 Å². The van der Waals surface area contributed by atoms with Crippen molar-refractivity contribution in [1.29, 1.82) is 0 Å². The normalized spacial score (nSPS) is 8.80. The van der Waals surface area contributed by atoms with Crippen LogP contribution in [0.25, 0.3) is 0 Å². The van der Waals surface area contributed by atoms with Crippen molar-refractivity contribution >= 4 is 17.6 Å². The Balaban J connectivity index is 3.92. The van der Waals surface area contributed by atoms with Crippen molar-refractivity contribution in [3.05, 3.63) is 10.6 Å². The second-order valence-corrected chi connectivity index (χ2v) is 2.61. The number of esters is 1. The van der Waals surface area contributed by atoms with Gasteiger partial charge >= 0.3 is 5.97 Å². The molecule has 0 saturated heterocycles. The van der Waals surface area contributed by atoms with Crippen LogP contribution in [-0.2, 0) is 9.53 Å². The molecule has 0 saturated carbocycles. The summed E-state index contributed by atoms with van der Waals surface area (Å²) >= 11 is 5.67. The molecule has 0 aromatic heterocycles. The van der Waals surface area contributed by atoms with E-state index in [1.165, 1.54) is 7.11 Å². The van der Waals surface area contributed by atoms with Gasteiger partial charge in [0.2, 0.25) is 0 Å². The molecule has 0 unspecified atom stereocenters. The van der Waals surface area contributed by atoms with Gasteiger partial charge in [-0.05, 0) is 13.8 Å². The van der Waals surface area contributed by atoms with Crippen LogP contribution in [0.4, 0.5) is 0 Å². The fraction of sp³-hybridized carbons (Fsp3) is 0.571. The van der Waals surface area contributed by atoms with E-state index in [4.69, 9.17) is 11.6 Å². The highest BCUT2D eigenvalue weighted by atomic mass is 35.5. The van der Waals surface area contributed by atoms with Gasteiger partial charge in [0, 0.05) is 5.03 Å². The van der Waals surface area contributed by atoms with E-state index in [1.54, 1.807) is 0 Å². The van der Waals surface area contributed by atoms with E-state index >= 15 is 0 Å². The molecule has 10 heavy (non-hydrogen) atoms. The molecule has 2 nitrogen and oxygen atoms in total. The van der Waals surface area contributed by atoms with Gasteiger partial charge in [0.25, 0.3) is 0 Å². The number of hydrogen-bond acceptors (Lipinski definition) is 2. The zero-order chi connectivity index (χ0) is 8.15. The fourth-order valence-corrected chi connectivity index (χ4v) is 0.485. The van der Waals surface area contributed by atoms with Crippen molar-refractivity contribution in [2.75, 3.05) is 7.11 Å². The monoisotopic (exact) mass is 162 g/mol. The molecule has 0 aliphatic heterocycles. The molecule has 0 spiro atoms. The first-order valence-electron chi connectivity index (χ1n) is 2.96. The highest BCUT2D eigenvalue weighted by Crippen LogP contribution is 2.12. The lowest BCUT2D eigenvalue weighted by molar-refractivity contribution is -0.139. The summed E-state index contributed by atoms with van der Waals surface area (Å²) in [6.45, 7) is 3.70. The van der Waals surface area contributed by atoms with Crippen LogP contribution in [0, 0.1) is 0 Å². The quantitative estimate of drug-likeness (QED) is 0.582. The minimum atomic E-state index is -0.300. The Morgan fingerprint density at radius 3 is 2.30 bits per heavy atom. The zero-order valence-corrected chi connectivity index (χ0v) is 7.16. The minimum absolute atomic E-state index is 0.181. The van der Waals surface area contributed by atoms with Crippen LogP contribution < -0.4 is 0 Å². The van der Waals surface area contributed by atoms with Gasteiger partial charge < -0.3 is 4.74 Å². The van der Waals surface area contributed by atoms with Crippen LogP contribution in [0.3, 0.4) is 0 Å². The van der Waals surface area contributed by atoms with E-state index in [2.05, 4.69) is 4.74 Å². The van der Waals surface area contributed by atoms with Crippen LogP contribution in [0.5, 0.6) is 0 Å². The third kappa shape index (κ3) is 3.51. The van der Waals surface area contributed by atoms with E-state index < -0.39 is 0 Å². The summed E-state index contributed by atoms with van der Waals surface area (Å²) in [5.74, 6) is -0.300. The molecule has 58 valence electrons. The summed E-state index contributed by atoms with van der Waals surface area (Å²) in [4.78, 5) is 10.6. The smallest absolute Gasteiger partial charge is 0.310 e. The van der Waals surface area contributed by atoms with E-state index in [1.807, 2.05) is 13.8 Å². The summed E-state index contributed by atoms with van der Waals surface area (Å²) in [7, 11) is 1.34. The van der Waals surface area contributed by atoms with Gasteiger partial charge in [-0.2, -0.15) is 0 Å². The summed E-state index contributed by atoms with van der Waals surface area (Å²) in [6.07, 6.45) is 0.181. The van der Waals surface area contributed by atoms with Crippen LogP contribution >= 0.6 is 11.6 Å². The van der Waals surface area contributed by atoms with E-state index in [-0.39, 0.29) is 12.4 Å². The average Bonchev–Trinajstić information content (AvgIpc) is 1.87. The SMILES string of the molecule is COC(=O)CC(Cl)=C(C)C. The first-order chi connectivity index (χ1) is 4.57. The Morgan fingerprint density at radius 1 is 1.50 bits per heavy atom. The van der Waals surface area contributed by atoms with E-state index in [9.17, 15) is 4.79 Å². The van der Waals surface area contributed by atoms with Crippen molar-refractivity contribution in [3.8, 4) is 0 Å². The second kappa shape index (κ2) is 4.34. The van der Waals surface area contributed by atoms with Gasteiger partial charge in [0.05, 0.1) is 13.5 Å². The molecule has 0 heterocycles. The molecule has 0 fully saturated rings. The van der Waals surface area contributed by atoms with E-state index in [0.29, 0.717) is 5.03 Å². The van der Waals surface area contributed by atoms with Crippen LogP contribution in [-0.4, -0.2) is 13.1 Å². The Hall–Kier alpha value is -0.500. The van der Waals surface area contributed by atoms with Crippen LogP contribution in [0.15, 0.2) is 10.6 Å². The molecule has 0 amide bonds. The van der Waals surface area contributed by atoms with Crippen molar-refractivity contribution < 1.29 is 9.53 Å². The third-order valence-electron chi connectivity index (χ3n) is 1.07. The number of allylic oxidation sites excluding steroid dienone is 1. The molecule has 0 aromatic rings. The fourth-order valence-electron chi connectivity index (χ4n) is 0.376. The molecule has 0 bridgehead atoms. The van der Waals surface area contributed by atoms with Crippen LogP contribution in [0.1, 0.15) is 20.3 Å². The molecule has 0 radical (unpaired) electrons. The molecule has 0 atom stereocenters. The lowest BCUT2D eigenvalue weighted by Crippen LogP contribution is -1.99. The lowest BCUT2D eigenvalue weighted by Gasteiger charge is -1.98. The number of hydrogen-bond donors (Lipinski definition) is 0. The molecule has 0 aliphatic rings. The standard InChI is InChI=1S/C7H11ClO2/c1-5(2)6(8)4-7(9)10-3/h4H2,1-3H3. The maximum Gasteiger partial charge on any atom is 0.310 e. The highest BCUT2D eigenvalue weighted by Gasteiger charge is 2.03. The summed E-state index contributed by atoms with van der Waals surface area (Å²) < 4.78 is 4.41. The Kier molecular flexibility index (Phi) is 4.12. The highest BCUT2D eigenvalue weighted by molar-refractivity contribution is 6.31. The predicted molar refractivity (Wildman–Crippen MR) is 40.9 cm³/mol. The number of methoxy groups -OCH3 is 1. The average molecular weight is 163 g/mol. The van der Waals surface area contributed by atoms with Crippen molar-refractivity contribution in [2.24, 2.45) is 0 Å². The first kappa shape index (κ1) is 9.50.